The lowest BCUT2D eigenvalue weighted by Crippen LogP contribution is -2.29. The minimum atomic E-state index is -3.45. The van der Waals surface area contributed by atoms with Crippen molar-refractivity contribution < 1.29 is 8.42 Å². The van der Waals surface area contributed by atoms with Crippen LogP contribution in [0.15, 0.2) is 29.2 Å². The van der Waals surface area contributed by atoms with E-state index in [9.17, 15) is 8.42 Å². The summed E-state index contributed by atoms with van der Waals surface area (Å²) in [6, 6.07) is 8.40. The molecule has 0 aliphatic rings. The van der Waals surface area contributed by atoms with Crippen LogP contribution in [0.2, 0.25) is 0 Å². The Morgan fingerprint density at radius 3 is 2.44 bits per heavy atom. The van der Waals surface area contributed by atoms with Gasteiger partial charge in [0.05, 0.1) is 17.4 Å². The van der Waals surface area contributed by atoms with Gasteiger partial charge in [0.1, 0.15) is 0 Å². The Morgan fingerprint density at radius 1 is 1.33 bits per heavy atom. The molecule has 0 unspecified atom stereocenters. The molecule has 18 heavy (non-hydrogen) atoms. The maximum Gasteiger partial charge on any atom is 0.242 e. The second-order valence-corrected chi connectivity index (χ2v) is 5.99. The summed E-state index contributed by atoms with van der Waals surface area (Å²) in [6.45, 7) is 0.861. The molecule has 2 N–H and O–H groups in total. The van der Waals surface area contributed by atoms with Crippen molar-refractivity contribution in [2.75, 3.05) is 20.1 Å². The molecule has 0 amide bonds. The van der Waals surface area contributed by atoms with Crippen molar-refractivity contribution in [1.29, 1.82) is 5.26 Å². The van der Waals surface area contributed by atoms with Crippen molar-refractivity contribution in [1.82, 2.24) is 4.31 Å². The third kappa shape index (κ3) is 3.53. The molecule has 0 saturated carbocycles. The average molecular weight is 267 g/mol. The molecule has 0 saturated heterocycles. The quantitative estimate of drug-likeness (QED) is 0.822. The minimum absolute atomic E-state index is 0.240. The molecule has 5 nitrogen and oxygen atoms in total. The topological polar surface area (TPSA) is 87.2 Å². The van der Waals surface area contributed by atoms with Gasteiger partial charge in [-0.25, -0.2) is 12.7 Å². The molecule has 0 atom stereocenters. The number of rotatable bonds is 6. The molecular formula is C12H17N3O2S. The largest absolute Gasteiger partial charge is 0.330 e. The van der Waals surface area contributed by atoms with Crippen molar-refractivity contribution in [3.05, 3.63) is 29.8 Å². The van der Waals surface area contributed by atoms with Gasteiger partial charge in [-0.3, -0.25) is 0 Å². The minimum Gasteiger partial charge on any atom is -0.330 e. The summed E-state index contributed by atoms with van der Waals surface area (Å²) in [5, 5.41) is 8.55. The van der Waals surface area contributed by atoms with Crippen LogP contribution in [0.4, 0.5) is 0 Å². The molecule has 6 heteroatoms. The highest BCUT2D eigenvalue weighted by molar-refractivity contribution is 7.89. The van der Waals surface area contributed by atoms with E-state index in [-0.39, 0.29) is 11.3 Å². The Kier molecular flexibility index (Phi) is 5.28. The van der Waals surface area contributed by atoms with E-state index in [4.69, 9.17) is 11.0 Å². The first-order valence-corrected chi connectivity index (χ1v) is 7.08. The van der Waals surface area contributed by atoms with Gasteiger partial charge in [-0.05, 0) is 30.7 Å². The summed E-state index contributed by atoms with van der Waals surface area (Å²) in [4.78, 5) is 0.240. The van der Waals surface area contributed by atoms with E-state index < -0.39 is 10.0 Å². The van der Waals surface area contributed by atoms with Crippen LogP contribution in [0.5, 0.6) is 0 Å². The fraction of sp³-hybridized carbons (Fsp3) is 0.417. The standard InChI is InChI=1S/C12H17N3O2S/c1-15(10-2-8-13)18(16,17)12-5-3-11(4-6-12)7-9-14/h3-6H,2,7-8,10,13H2,1H3. The van der Waals surface area contributed by atoms with Crippen LogP contribution in [0, 0.1) is 11.3 Å². The first-order chi connectivity index (χ1) is 8.52. The average Bonchev–Trinajstić information content (AvgIpc) is 2.37. The molecule has 0 aliphatic carbocycles. The SMILES string of the molecule is CN(CCCN)S(=O)(=O)c1ccc(CC#N)cc1. The predicted octanol–water partition coefficient (Wildman–Crippen LogP) is 0.722. The summed E-state index contributed by atoms with van der Waals surface area (Å²) in [7, 11) is -1.91. The van der Waals surface area contributed by atoms with Gasteiger partial charge < -0.3 is 5.73 Å². The van der Waals surface area contributed by atoms with E-state index in [1.54, 1.807) is 12.1 Å². The lowest BCUT2D eigenvalue weighted by atomic mass is 10.2. The number of benzene rings is 1. The van der Waals surface area contributed by atoms with Gasteiger partial charge in [0.25, 0.3) is 0 Å². The van der Waals surface area contributed by atoms with E-state index in [1.807, 2.05) is 6.07 Å². The van der Waals surface area contributed by atoms with E-state index >= 15 is 0 Å². The highest BCUT2D eigenvalue weighted by atomic mass is 32.2. The van der Waals surface area contributed by atoms with Crippen molar-refractivity contribution in [3.63, 3.8) is 0 Å². The fourth-order valence-corrected chi connectivity index (χ4v) is 2.69. The molecule has 0 aromatic heterocycles. The fourth-order valence-electron chi connectivity index (χ4n) is 1.48. The number of nitriles is 1. The van der Waals surface area contributed by atoms with Crippen molar-refractivity contribution >= 4 is 10.0 Å². The third-order valence-electron chi connectivity index (χ3n) is 2.59. The molecule has 0 spiro atoms. The van der Waals surface area contributed by atoms with Gasteiger partial charge in [0.15, 0.2) is 0 Å². The predicted molar refractivity (Wildman–Crippen MR) is 69.2 cm³/mol. The Hall–Kier alpha value is -1.42. The highest BCUT2D eigenvalue weighted by Crippen LogP contribution is 2.15. The van der Waals surface area contributed by atoms with E-state index in [0.717, 1.165) is 5.56 Å². The van der Waals surface area contributed by atoms with Gasteiger partial charge >= 0.3 is 0 Å². The Labute approximate surface area is 108 Å². The third-order valence-corrected chi connectivity index (χ3v) is 4.46. The van der Waals surface area contributed by atoms with Crippen molar-refractivity contribution in [2.24, 2.45) is 5.73 Å². The van der Waals surface area contributed by atoms with Crippen LogP contribution >= 0.6 is 0 Å². The van der Waals surface area contributed by atoms with Gasteiger partial charge in [-0.2, -0.15) is 5.26 Å². The lowest BCUT2D eigenvalue weighted by Gasteiger charge is -2.16. The van der Waals surface area contributed by atoms with Crippen LogP contribution in [-0.4, -0.2) is 32.9 Å². The zero-order valence-electron chi connectivity index (χ0n) is 10.3. The second-order valence-electron chi connectivity index (χ2n) is 3.95. The van der Waals surface area contributed by atoms with Crippen LogP contribution < -0.4 is 5.73 Å². The molecule has 0 aliphatic heterocycles. The summed E-state index contributed by atoms with van der Waals surface area (Å²) >= 11 is 0. The summed E-state index contributed by atoms with van der Waals surface area (Å²) in [6.07, 6.45) is 0.908. The van der Waals surface area contributed by atoms with Crippen molar-refractivity contribution in [3.8, 4) is 6.07 Å². The monoisotopic (exact) mass is 267 g/mol. The van der Waals surface area contributed by atoms with Crippen LogP contribution in [0.1, 0.15) is 12.0 Å². The lowest BCUT2D eigenvalue weighted by molar-refractivity contribution is 0.463. The Balaban J connectivity index is 2.88. The molecule has 0 bridgehead atoms. The second kappa shape index (κ2) is 6.50. The zero-order chi connectivity index (χ0) is 13.6. The number of hydrogen-bond donors (Lipinski definition) is 1. The summed E-state index contributed by atoms with van der Waals surface area (Å²) < 4.78 is 25.5. The number of hydrogen-bond acceptors (Lipinski definition) is 4. The van der Waals surface area contributed by atoms with E-state index in [1.165, 1.54) is 23.5 Å². The van der Waals surface area contributed by atoms with Crippen LogP contribution in [0.25, 0.3) is 0 Å². The molecule has 1 aromatic rings. The molecule has 0 fully saturated rings. The molecular weight excluding hydrogens is 250 g/mol. The van der Waals surface area contributed by atoms with Crippen molar-refractivity contribution in [2.45, 2.75) is 17.7 Å². The highest BCUT2D eigenvalue weighted by Gasteiger charge is 2.19. The molecule has 0 heterocycles. The maximum absolute atomic E-state index is 12.1. The zero-order valence-corrected chi connectivity index (χ0v) is 11.2. The molecule has 98 valence electrons. The van der Waals surface area contributed by atoms with E-state index in [2.05, 4.69) is 0 Å². The summed E-state index contributed by atoms with van der Waals surface area (Å²) in [5.41, 5.74) is 6.17. The van der Waals surface area contributed by atoms with E-state index in [0.29, 0.717) is 19.5 Å². The normalized spacial score (nSPS) is 11.4. The van der Waals surface area contributed by atoms with Crippen LogP contribution in [-0.2, 0) is 16.4 Å². The smallest absolute Gasteiger partial charge is 0.242 e. The Morgan fingerprint density at radius 2 is 1.94 bits per heavy atom. The summed E-state index contributed by atoms with van der Waals surface area (Å²) in [5.74, 6) is 0. The molecule has 1 aromatic carbocycles. The number of sulfonamides is 1. The Bertz CT molecular complexity index is 517. The first-order valence-electron chi connectivity index (χ1n) is 5.64. The number of nitrogens with zero attached hydrogens (tertiary/aromatic N) is 2. The molecule has 0 radical (unpaired) electrons. The maximum atomic E-state index is 12.1. The van der Waals surface area contributed by atoms with Gasteiger partial charge in [-0.1, -0.05) is 12.1 Å². The van der Waals surface area contributed by atoms with Gasteiger partial charge in [0, 0.05) is 13.6 Å². The van der Waals surface area contributed by atoms with Crippen LogP contribution in [0.3, 0.4) is 0 Å². The molecule has 1 rings (SSSR count). The van der Waals surface area contributed by atoms with Gasteiger partial charge in [0.2, 0.25) is 10.0 Å². The number of nitrogens with two attached hydrogens (primary N) is 1. The van der Waals surface area contributed by atoms with Gasteiger partial charge in [-0.15, -0.1) is 0 Å². The first kappa shape index (κ1) is 14.6.